The quantitative estimate of drug-likeness (QED) is 0.295. The summed E-state index contributed by atoms with van der Waals surface area (Å²) < 4.78 is 4.98. The molecule has 0 unspecified atom stereocenters. The van der Waals surface area contributed by atoms with E-state index in [0.717, 1.165) is 29.7 Å². The summed E-state index contributed by atoms with van der Waals surface area (Å²) in [4.78, 5) is 36.5. The molecule has 2 aromatic rings. The van der Waals surface area contributed by atoms with E-state index in [1.165, 1.54) is 42.7 Å². The average Bonchev–Trinajstić information content (AvgIpc) is 3.08. The molecule has 1 aliphatic carbocycles. The molecule has 3 rings (SSSR count). The number of nitrogens with one attached hydrogen (secondary N) is 1. The number of nitrogens with zero attached hydrogens (tertiary/aromatic N) is 1. The highest BCUT2D eigenvalue weighted by atomic mass is 32.1. The molecule has 1 amide bonds. The van der Waals surface area contributed by atoms with E-state index in [-0.39, 0.29) is 11.1 Å². The van der Waals surface area contributed by atoms with Gasteiger partial charge in [-0.3, -0.25) is 14.9 Å². The number of thiophene rings is 1. The highest BCUT2D eigenvalue weighted by molar-refractivity contribution is 7.17. The molecule has 1 aliphatic rings. The van der Waals surface area contributed by atoms with Crippen molar-refractivity contribution in [1.29, 1.82) is 0 Å². The Kier molecular flexibility index (Phi) is 6.59. The van der Waals surface area contributed by atoms with Crippen LogP contribution < -0.4 is 5.32 Å². The van der Waals surface area contributed by atoms with Crippen LogP contribution in [0.1, 0.15) is 53.6 Å². The Labute approximate surface area is 185 Å². The first-order chi connectivity index (χ1) is 14.6. The molecule has 0 saturated carbocycles. The second-order valence-electron chi connectivity index (χ2n) is 8.68. The van der Waals surface area contributed by atoms with Crippen LogP contribution in [0.5, 0.6) is 0 Å². The molecule has 8 heteroatoms. The van der Waals surface area contributed by atoms with Crippen LogP contribution in [-0.4, -0.2) is 23.9 Å². The van der Waals surface area contributed by atoms with Crippen LogP contribution in [-0.2, 0) is 22.4 Å². The third-order valence-corrected chi connectivity index (χ3v) is 6.79. The number of anilines is 1. The molecule has 0 radical (unpaired) electrons. The molecule has 164 valence electrons. The standard InChI is InChI=1S/C23H26N2O5S/c1-23(2,3)15-9-10-17-18(13-15)31-21(20(17)22(27)30-4)24-19(26)11-8-14-6-5-7-16(12-14)25(28)29/h5-8,11-12,15H,9-10,13H2,1-4H3,(H,24,26)/b11-8-/t15-/m0/s1. The SMILES string of the molecule is COC(=O)c1c(NC(=O)/C=C\c2cccc([N+](=O)[O-])c2)sc2c1CC[C@H](C(C)(C)C)C2. The van der Waals surface area contributed by atoms with Crippen molar-refractivity contribution in [2.45, 2.75) is 40.0 Å². The van der Waals surface area contributed by atoms with Gasteiger partial charge in [0.15, 0.2) is 0 Å². The highest BCUT2D eigenvalue weighted by Crippen LogP contribution is 2.44. The van der Waals surface area contributed by atoms with Gasteiger partial charge in [0.25, 0.3) is 5.69 Å². The van der Waals surface area contributed by atoms with Gasteiger partial charge in [0.05, 0.1) is 17.6 Å². The number of hydrogen-bond donors (Lipinski definition) is 1. The van der Waals surface area contributed by atoms with Gasteiger partial charge in [0.1, 0.15) is 5.00 Å². The summed E-state index contributed by atoms with van der Waals surface area (Å²) in [6, 6.07) is 6.01. The van der Waals surface area contributed by atoms with Crippen LogP contribution in [0.2, 0.25) is 0 Å². The van der Waals surface area contributed by atoms with Crippen LogP contribution in [0, 0.1) is 21.4 Å². The fraction of sp³-hybridized carbons (Fsp3) is 0.391. The van der Waals surface area contributed by atoms with E-state index in [0.29, 0.717) is 22.0 Å². The Morgan fingerprint density at radius 2 is 2.06 bits per heavy atom. The van der Waals surface area contributed by atoms with Gasteiger partial charge in [0.2, 0.25) is 5.91 Å². The lowest BCUT2D eigenvalue weighted by molar-refractivity contribution is -0.384. The lowest BCUT2D eigenvalue weighted by Gasteiger charge is -2.33. The monoisotopic (exact) mass is 442 g/mol. The summed E-state index contributed by atoms with van der Waals surface area (Å²) in [6.07, 6.45) is 5.43. The van der Waals surface area contributed by atoms with Crippen molar-refractivity contribution in [3.63, 3.8) is 0 Å². The van der Waals surface area contributed by atoms with E-state index >= 15 is 0 Å². The van der Waals surface area contributed by atoms with Gasteiger partial charge < -0.3 is 10.1 Å². The maximum absolute atomic E-state index is 12.5. The molecule has 1 heterocycles. The third kappa shape index (κ3) is 5.19. The number of carbonyl (C=O) groups is 2. The van der Waals surface area contributed by atoms with Crippen molar-refractivity contribution >= 4 is 40.0 Å². The van der Waals surface area contributed by atoms with E-state index in [4.69, 9.17) is 4.74 Å². The number of non-ortho nitro benzene ring substituents is 1. The summed E-state index contributed by atoms with van der Waals surface area (Å²) in [6.45, 7) is 6.66. The van der Waals surface area contributed by atoms with Crippen molar-refractivity contribution in [2.24, 2.45) is 11.3 Å². The minimum absolute atomic E-state index is 0.0464. The van der Waals surface area contributed by atoms with Crippen LogP contribution >= 0.6 is 11.3 Å². The molecule has 7 nitrogen and oxygen atoms in total. The topological polar surface area (TPSA) is 98.5 Å². The Morgan fingerprint density at radius 3 is 2.71 bits per heavy atom. The van der Waals surface area contributed by atoms with Crippen LogP contribution in [0.4, 0.5) is 10.7 Å². The number of fused-ring (bicyclic) bond motifs is 1. The van der Waals surface area contributed by atoms with Gasteiger partial charge in [-0.25, -0.2) is 4.79 Å². The average molecular weight is 443 g/mol. The molecular weight excluding hydrogens is 416 g/mol. The molecule has 1 aromatic heterocycles. The normalized spacial score (nSPS) is 16.1. The van der Waals surface area contributed by atoms with Gasteiger partial charge in [-0.1, -0.05) is 32.9 Å². The largest absolute Gasteiger partial charge is 0.465 e. The summed E-state index contributed by atoms with van der Waals surface area (Å²) in [5, 5.41) is 14.2. The fourth-order valence-corrected chi connectivity index (χ4v) is 5.12. The number of carbonyl (C=O) groups excluding carboxylic acids is 2. The molecule has 0 saturated heterocycles. The van der Waals surface area contributed by atoms with Gasteiger partial charge in [-0.15, -0.1) is 11.3 Å². The van der Waals surface area contributed by atoms with Crippen LogP contribution in [0.3, 0.4) is 0 Å². The minimum Gasteiger partial charge on any atom is -0.465 e. The molecule has 1 atom stereocenters. The summed E-state index contributed by atoms with van der Waals surface area (Å²) in [7, 11) is 1.33. The highest BCUT2D eigenvalue weighted by Gasteiger charge is 2.34. The van der Waals surface area contributed by atoms with Crippen LogP contribution in [0.25, 0.3) is 6.08 Å². The van der Waals surface area contributed by atoms with E-state index in [9.17, 15) is 19.7 Å². The minimum atomic E-state index is -0.485. The molecule has 0 bridgehead atoms. The third-order valence-electron chi connectivity index (χ3n) is 5.62. The number of esters is 1. The maximum atomic E-state index is 12.5. The number of nitro benzene ring substituents is 1. The number of hydrogen-bond acceptors (Lipinski definition) is 6. The van der Waals surface area contributed by atoms with Crippen molar-refractivity contribution in [2.75, 3.05) is 12.4 Å². The first-order valence-electron chi connectivity index (χ1n) is 10.1. The van der Waals surface area contributed by atoms with E-state index in [2.05, 4.69) is 26.1 Å². The number of rotatable bonds is 5. The molecular formula is C23H26N2O5S. The number of amides is 1. The maximum Gasteiger partial charge on any atom is 0.341 e. The van der Waals surface area contributed by atoms with E-state index < -0.39 is 16.8 Å². The number of benzene rings is 1. The number of methoxy groups -OCH3 is 1. The Balaban J connectivity index is 1.83. The summed E-state index contributed by atoms with van der Waals surface area (Å²) in [5.41, 5.74) is 2.06. The first kappa shape index (κ1) is 22.7. The molecule has 0 fully saturated rings. The van der Waals surface area contributed by atoms with Gasteiger partial charge in [-0.05, 0) is 47.8 Å². The molecule has 0 spiro atoms. The smallest absolute Gasteiger partial charge is 0.341 e. The van der Waals surface area contributed by atoms with Crippen molar-refractivity contribution in [1.82, 2.24) is 0 Å². The molecule has 1 aromatic carbocycles. The zero-order chi connectivity index (χ0) is 22.8. The van der Waals surface area contributed by atoms with E-state index in [1.807, 2.05) is 0 Å². The van der Waals surface area contributed by atoms with E-state index in [1.54, 1.807) is 12.1 Å². The summed E-state index contributed by atoms with van der Waals surface area (Å²) in [5.74, 6) is -0.367. The second-order valence-corrected chi connectivity index (χ2v) is 9.79. The fourth-order valence-electron chi connectivity index (χ4n) is 3.80. The van der Waals surface area contributed by atoms with Gasteiger partial charge >= 0.3 is 5.97 Å². The van der Waals surface area contributed by atoms with Crippen molar-refractivity contribution in [3.8, 4) is 0 Å². The second kappa shape index (κ2) is 9.01. The van der Waals surface area contributed by atoms with Gasteiger partial charge in [0, 0.05) is 23.1 Å². The van der Waals surface area contributed by atoms with Crippen molar-refractivity contribution < 1.29 is 19.2 Å². The lowest BCUT2D eigenvalue weighted by Crippen LogP contribution is -2.26. The predicted octanol–water partition coefficient (Wildman–Crippen LogP) is 5.25. The van der Waals surface area contributed by atoms with Crippen molar-refractivity contribution in [3.05, 3.63) is 62.0 Å². The Bertz CT molecular complexity index is 1050. The number of ether oxygens (including phenoxy) is 1. The zero-order valence-electron chi connectivity index (χ0n) is 18.1. The zero-order valence-corrected chi connectivity index (χ0v) is 18.9. The lowest BCUT2D eigenvalue weighted by atomic mass is 9.72. The van der Waals surface area contributed by atoms with Gasteiger partial charge in [-0.2, -0.15) is 0 Å². The van der Waals surface area contributed by atoms with Crippen LogP contribution in [0.15, 0.2) is 30.3 Å². The molecule has 0 aliphatic heterocycles. The first-order valence-corrected chi connectivity index (χ1v) is 10.9. The Morgan fingerprint density at radius 1 is 1.32 bits per heavy atom. The summed E-state index contributed by atoms with van der Waals surface area (Å²) >= 11 is 1.43. The number of nitro groups is 1. The molecule has 1 N–H and O–H groups in total. The Hall–Kier alpha value is -3.00. The predicted molar refractivity (Wildman–Crippen MR) is 121 cm³/mol. The molecule has 31 heavy (non-hydrogen) atoms.